The largest absolute Gasteiger partial charge is 0.293 e. The maximum Gasteiger partial charge on any atom is 0.196 e. The van der Waals surface area contributed by atoms with E-state index in [0.29, 0.717) is 5.78 Å². The van der Waals surface area contributed by atoms with Crippen LogP contribution in [0.25, 0.3) is 0 Å². The van der Waals surface area contributed by atoms with Gasteiger partial charge in [0, 0.05) is 26.2 Å². The first-order valence-corrected chi connectivity index (χ1v) is 8.17. The normalized spacial score (nSPS) is 25.0. The van der Waals surface area contributed by atoms with Gasteiger partial charge in [-0.1, -0.05) is 27.7 Å². The van der Waals surface area contributed by atoms with Crippen LogP contribution in [0.5, 0.6) is 0 Å². The Morgan fingerprint density at radius 1 is 0.700 bits per heavy atom. The van der Waals surface area contributed by atoms with Crippen LogP contribution in [-0.2, 0) is 4.79 Å². The molecule has 0 atom stereocenters. The molecule has 0 aromatic heterocycles. The number of Topliss-reactive ketones (excluding diaryl/α,β-unsaturated/α-hetero) is 1. The number of hydrogen-bond acceptors (Lipinski definition) is 5. The van der Waals surface area contributed by atoms with Gasteiger partial charge in [0.1, 0.15) is 12.3 Å². The van der Waals surface area contributed by atoms with E-state index in [2.05, 4.69) is 47.3 Å². The first-order valence-electron chi connectivity index (χ1n) is 8.17. The summed E-state index contributed by atoms with van der Waals surface area (Å²) >= 11 is 0. The molecule has 0 bridgehead atoms. The number of nitrogens with zero attached hydrogens (tertiary/aromatic N) is 4. The molecule has 2 rings (SSSR count). The van der Waals surface area contributed by atoms with Crippen molar-refractivity contribution in [1.29, 1.82) is 0 Å². The second-order valence-electron chi connectivity index (χ2n) is 5.66. The first kappa shape index (κ1) is 15.9. The summed E-state index contributed by atoms with van der Waals surface area (Å²) in [6, 6.07) is 0. The molecule has 0 spiro atoms. The lowest BCUT2D eigenvalue weighted by Gasteiger charge is -2.35. The third-order valence-electron chi connectivity index (χ3n) is 4.87. The molecule has 0 amide bonds. The molecule has 2 aliphatic rings. The van der Waals surface area contributed by atoms with Crippen molar-refractivity contribution in [2.75, 3.05) is 52.4 Å². The molecule has 0 aromatic rings. The van der Waals surface area contributed by atoms with E-state index in [-0.39, 0.29) is 12.3 Å². The van der Waals surface area contributed by atoms with E-state index in [9.17, 15) is 4.79 Å². The van der Waals surface area contributed by atoms with Gasteiger partial charge in [-0.3, -0.25) is 24.4 Å². The van der Waals surface area contributed by atoms with Crippen LogP contribution in [-0.4, -0.2) is 90.1 Å². The van der Waals surface area contributed by atoms with E-state index in [1.165, 1.54) is 0 Å². The molecular weight excluding hydrogens is 252 g/mol. The molecule has 0 radical (unpaired) electrons. The Kier molecular flexibility index (Phi) is 5.55. The summed E-state index contributed by atoms with van der Waals surface area (Å²) < 4.78 is 0. The molecular formula is C15H30N4O. The lowest BCUT2D eigenvalue weighted by atomic mass is 10.2. The summed E-state index contributed by atoms with van der Waals surface area (Å²) in [7, 11) is 0. The fraction of sp³-hybridized carbons (Fsp3) is 0.933. The third kappa shape index (κ3) is 2.77. The Morgan fingerprint density at radius 3 is 1.15 bits per heavy atom. The minimum atomic E-state index is -0.0174. The second-order valence-corrected chi connectivity index (χ2v) is 5.66. The molecule has 2 fully saturated rings. The number of carbonyl (C=O) groups is 1. The Bertz CT molecular complexity index is 282. The highest BCUT2D eigenvalue weighted by Crippen LogP contribution is 2.22. The van der Waals surface area contributed by atoms with Gasteiger partial charge in [0.05, 0.1) is 0 Å². The topological polar surface area (TPSA) is 30.0 Å². The average Bonchev–Trinajstić information content (AvgIpc) is 3.08. The molecule has 2 saturated heterocycles. The van der Waals surface area contributed by atoms with Crippen molar-refractivity contribution < 1.29 is 4.79 Å². The summed E-state index contributed by atoms with van der Waals surface area (Å²) in [4.78, 5) is 22.5. The van der Waals surface area contributed by atoms with Crippen molar-refractivity contribution in [2.24, 2.45) is 0 Å². The highest BCUT2D eigenvalue weighted by atomic mass is 16.1. The monoisotopic (exact) mass is 282 g/mol. The highest BCUT2D eigenvalue weighted by Gasteiger charge is 2.44. The van der Waals surface area contributed by atoms with Crippen LogP contribution < -0.4 is 0 Å². The molecule has 0 unspecified atom stereocenters. The summed E-state index contributed by atoms with van der Waals surface area (Å²) in [5.41, 5.74) is 0. The summed E-state index contributed by atoms with van der Waals surface area (Å²) in [5, 5.41) is 0. The quantitative estimate of drug-likeness (QED) is 0.709. The van der Waals surface area contributed by atoms with Gasteiger partial charge in [-0.25, -0.2) is 0 Å². The minimum Gasteiger partial charge on any atom is -0.293 e. The Hall–Kier alpha value is -0.490. The van der Waals surface area contributed by atoms with E-state index >= 15 is 0 Å². The van der Waals surface area contributed by atoms with Crippen molar-refractivity contribution in [3.05, 3.63) is 0 Å². The van der Waals surface area contributed by atoms with Gasteiger partial charge in [-0.05, 0) is 26.2 Å². The molecule has 5 nitrogen and oxygen atoms in total. The van der Waals surface area contributed by atoms with Gasteiger partial charge in [-0.15, -0.1) is 0 Å². The van der Waals surface area contributed by atoms with E-state index < -0.39 is 0 Å². The van der Waals surface area contributed by atoms with Crippen LogP contribution in [0.4, 0.5) is 0 Å². The summed E-state index contributed by atoms with van der Waals surface area (Å²) in [6.45, 7) is 16.5. The van der Waals surface area contributed by atoms with E-state index in [1.807, 2.05) is 0 Å². The predicted molar refractivity (Wildman–Crippen MR) is 81.6 cm³/mol. The fourth-order valence-corrected chi connectivity index (χ4v) is 3.64. The van der Waals surface area contributed by atoms with Gasteiger partial charge < -0.3 is 0 Å². The van der Waals surface area contributed by atoms with Crippen molar-refractivity contribution in [3.63, 3.8) is 0 Å². The van der Waals surface area contributed by atoms with Gasteiger partial charge >= 0.3 is 0 Å². The van der Waals surface area contributed by atoms with E-state index in [1.54, 1.807) is 0 Å². The zero-order chi connectivity index (χ0) is 14.7. The molecule has 2 heterocycles. The van der Waals surface area contributed by atoms with Gasteiger partial charge in [0.15, 0.2) is 5.78 Å². The van der Waals surface area contributed by atoms with Gasteiger partial charge in [-0.2, -0.15) is 0 Å². The van der Waals surface area contributed by atoms with Crippen molar-refractivity contribution >= 4 is 5.78 Å². The Labute approximate surface area is 123 Å². The fourth-order valence-electron chi connectivity index (χ4n) is 3.64. The molecule has 0 N–H and O–H groups in total. The maximum absolute atomic E-state index is 13.2. The van der Waals surface area contributed by atoms with Crippen molar-refractivity contribution in [3.8, 4) is 0 Å². The number of hydrogen-bond donors (Lipinski definition) is 0. The molecule has 116 valence electrons. The Morgan fingerprint density at radius 2 is 0.950 bits per heavy atom. The van der Waals surface area contributed by atoms with Crippen LogP contribution in [0.3, 0.4) is 0 Å². The first-order chi connectivity index (χ1) is 9.67. The lowest BCUT2D eigenvalue weighted by Crippen LogP contribution is -2.56. The number of carbonyl (C=O) groups excluding carboxylic acids is 1. The molecule has 5 heteroatoms. The number of rotatable bonds is 6. The average molecular weight is 282 g/mol. The van der Waals surface area contributed by atoms with Gasteiger partial charge in [0.2, 0.25) is 0 Å². The maximum atomic E-state index is 13.2. The smallest absolute Gasteiger partial charge is 0.196 e. The van der Waals surface area contributed by atoms with Crippen molar-refractivity contribution in [1.82, 2.24) is 19.6 Å². The molecule has 0 aromatic carbocycles. The van der Waals surface area contributed by atoms with E-state index in [4.69, 9.17) is 0 Å². The summed E-state index contributed by atoms with van der Waals surface area (Å²) in [5.74, 6) is 0.382. The second kappa shape index (κ2) is 6.98. The lowest BCUT2D eigenvalue weighted by molar-refractivity contribution is -0.136. The SMILES string of the molecule is CCN1CCN(CC)C1C(=O)C1N(CC)CCN1CC. The van der Waals surface area contributed by atoms with Crippen LogP contribution in [0.2, 0.25) is 0 Å². The van der Waals surface area contributed by atoms with Crippen LogP contribution in [0.1, 0.15) is 27.7 Å². The third-order valence-corrected chi connectivity index (χ3v) is 4.87. The van der Waals surface area contributed by atoms with E-state index in [0.717, 1.165) is 52.4 Å². The van der Waals surface area contributed by atoms with Crippen LogP contribution in [0.15, 0.2) is 0 Å². The highest BCUT2D eigenvalue weighted by molar-refractivity contribution is 5.89. The van der Waals surface area contributed by atoms with Crippen LogP contribution >= 0.6 is 0 Å². The molecule has 20 heavy (non-hydrogen) atoms. The number of ketones is 1. The van der Waals surface area contributed by atoms with Crippen molar-refractivity contribution in [2.45, 2.75) is 40.0 Å². The summed E-state index contributed by atoms with van der Waals surface area (Å²) in [6.07, 6.45) is -0.0348. The predicted octanol–water partition coefficient (Wildman–Crippen LogP) is 0.523. The molecule has 2 aliphatic heterocycles. The van der Waals surface area contributed by atoms with Crippen LogP contribution in [0, 0.1) is 0 Å². The molecule has 0 aliphatic carbocycles. The number of likely N-dealkylation sites (N-methyl/N-ethyl adjacent to an activating group) is 4. The molecule has 0 saturated carbocycles. The standard InChI is InChI=1S/C15H30N4O/c1-5-16-9-10-17(6-2)14(16)13(20)15-18(7-3)11-12-19(15)8-4/h14-15H,5-12H2,1-4H3. The van der Waals surface area contributed by atoms with Gasteiger partial charge in [0.25, 0.3) is 0 Å². The Balaban J connectivity index is 2.18. The minimum absolute atomic E-state index is 0.0174. The zero-order valence-electron chi connectivity index (χ0n) is 13.5. The zero-order valence-corrected chi connectivity index (χ0v) is 13.5.